The van der Waals surface area contributed by atoms with Gasteiger partial charge in [0.2, 0.25) is 0 Å². The highest BCUT2D eigenvalue weighted by Gasteiger charge is 2.22. The molecule has 19 heavy (non-hydrogen) atoms. The number of halogens is 1. The largest absolute Gasteiger partial charge is 0.494 e. The summed E-state index contributed by atoms with van der Waals surface area (Å²) < 4.78 is 24.0. The summed E-state index contributed by atoms with van der Waals surface area (Å²) in [5.41, 5.74) is 1.94. The fraction of sp³-hybridized carbons (Fsp3) is 0.333. The van der Waals surface area contributed by atoms with E-state index in [1.807, 2.05) is 12.1 Å². The van der Waals surface area contributed by atoms with Gasteiger partial charge >= 0.3 is 0 Å². The molecular formula is C15H16FNO2. The lowest BCUT2D eigenvalue weighted by atomic mass is 9.93. The van der Waals surface area contributed by atoms with Gasteiger partial charge in [0.25, 0.3) is 0 Å². The second-order valence-electron chi connectivity index (χ2n) is 4.74. The van der Waals surface area contributed by atoms with Gasteiger partial charge in [-0.3, -0.25) is 0 Å². The van der Waals surface area contributed by atoms with Crippen LogP contribution in [0.3, 0.4) is 0 Å². The Hall–Kier alpha value is -1.97. The molecule has 3 nitrogen and oxygen atoms in total. The highest BCUT2D eigenvalue weighted by atomic mass is 19.1. The van der Waals surface area contributed by atoms with E-state index in [-0.39, 0.29) is 17.6 Å². The smallest absolute Gasteiger partial charge is 0.167 e. The Balaban J connectivity index is 1.81. The number of furan rings is 1. The second kappa shape index (κ2) is 4.96. The molecule has 0 radical (unpaired) electrons. The summed E-state index contributed by atoms with van der Waals surface area (Å²) in [5, 5.41) is 3.36. The molecule has 3 rings (SSSR count). The maximum absolute atomic E-state index is 13.7. The van der Waals surface area contributed by atoms with Gasteiger partial charge in [0.05, 0.1) is 19.4 Å². The van der Waals surface area contributed by atoms with Crippen LogP contribution < -0.4 is 10.1 Å². The number of rotatable bonds is 3. The number of anilines is 1. The highest BCUT2D eigenvalue weighted by molar-refractivity contribution is 5.49. The quantitative estimate of drug-likeness (QED) is 0.909. The third kappa shape index (κ3) is 2.30. The monoisotopic (exact) mass is 261 g/mol. The van der Waals surface area contributed by atoms with Crippen molar-refractivity contribution in [3.8, 4) is 5.75 Å². The fourth-order valence-corrected chi connectivity index (χ4v) is 2.59. The summed E-state index contributed by atoms with van der Waals surface area (Å²) in [6.07, 6.45) is 4.81. The Bertz CT molecular complexity index is 579. The molecule has 2 aromatic rings. The number of ether oxygens (including phenoxy) is 1. The zero-order chi connectivity index (χ0) is 13.2. The van der Waals surface area contributed by atoms with Crippen molar-refractivity contribution in [3.63, 3.8) is 0 Å². The number of benzene rings is 1. The number of methoxy groups -OCH3 is 1. The van der Waals surface area contributed by atoms with Crippen molar-refractivity contribution in [2.24, 2.45) is 0 Å². The van der Waals surface area contributed by atoms with E-state index < -0.39 is 0 Å². The van der Waals surface area contributed by atoms with Crippen LogP contribution in [0.2, 0.25) is 0 Å². The third-order valence-electron chi connectivity index (χ3n) is 3.54. The Kier molecular flexibility index (Phi) is 3.15. The standard InChI is InChI=1S/C15H16FNO2/c1-18-15-6-5-10(9-12(15)16)17-13-3-2-4-14-11(13)7-8-19-14/h5-9,13,17H,2-4H2,1H3. The Morgan fingerprint density at radius 1 is 1.37 bits per heavy atom. The molecule has 0 amide bonds. The van der Waals surface area contributed by atoms with Crippen molar-refractivity contribution in [2.75, 3.05) is 12.4 Å². The summed E-state index contributed by atoms with van der Waals surface area (Å²) in [7, 11) is 1.46. The van der Waals surface area contributed by atoms with Gasteiger partial charge in [-0.1, -0.05) is 0 Å². The highest BCUT2D eigenvalue weighted by Crippen LogP contribution is 2.33. The summed E-state index contributed by atoms with van der Waals surface area (Å²) >= 11 is 0. The van der Waals surface area contributed by atoms with Crippen molar-refractivity contribution < 1.29 is 13.5 Å². The van der Waals surface area contributed by atoms with Crippen LogP contribution in [0, 0.1) is 5.82 Å². The Morgan fingerprint density at radius 2 is 2.26 bits per heavy atom. The number of hydrogen-bond donors (Lipinski definition) is 1. The predicted octanol–water partition coefficient (Wildman–Crippen LogP) is 3.92. The molecular weight excluding hydrogens is 245 g/mol. The third-order valence-corrected chi connectivity index (χ3v) is 3.54. The molecule has 4 heteroatoms. The summed E-state index contributed by atoms with van der Waals surface area (Å²) in [6, 6.07) is 7.11. The average Bonchev–Trinajstić information content (AvgIpc) is 2.88. The van der Waals surface area contributed by atoms with E-state index in [0.717, 1.165) is 30.7 Å². The van der Waals surface area contributed by atoms with Crippen molar-refractivity contribution in [2.45, 2.75) is 25.3 Å². The molecule has 1 aromatic carbocycles. The van der Waals surface area contributed by atoms with Crippen molar-refractivity contribution >= 4 is 5.69 Å². The van der Waals surface area contributed by atoms with E-state index >= 15 is 0 Å². The van der Waals surface area contributed by atoms with E-state index in [0.29, 0.717) is 0 Å². The van der Waals surface area contributed by atoms with Crippen LogP contribution in [-0.2, 0) is 6.42 Å². The molecule has 0 aliphatic heterocycles. The SMILES string of the molecule is COc1ccc(NC2CCCc3occc32)cc1F. The van der Waals surface area contributed by atoms with Crippen molar-refractivity contribution in [1.82, 2.24) is 0 Å². The second-order valence-corrected chi connectivity index (χ2v) is 4.74. The zero-order valence-corrected chi connectivity index (χ0v) is 10.8. The first-order valence-corrected chi connectivity index (χ1v) is 6.44. The van der Waals surface area contributed by atoms with Gasteiger partial charge < -0.3 is 14.5 Å². The average molecular weight is 261 g/mol. The zero-order valence-electron chi connectivity index (χ0n) is 10.8. The van der Waals surface area contributed by atoms with Gasteiger partial charge in [-0.25, -0.2) is 4.39 Å². The first-order chi connectivity index (χ1) is 9.28. The first kappa shape index (κ1) is 12.1. The molecule has 1 aliphatic rings. The molecule has 0 saturated heterocycles. The lowest BCUT2D eigenvalue weighted by Crippen LogP contribution is -2.15. The molecule has 0 fully saturated rings. The minimum absolute atomic E-state index is 0.190. The minimum Gasteiger partial charge on any atom is -0.494 e. The van der Waals surface area contributed by atoms with Crippen LogP contribution in [0.1, 0.15) is 30.2 Å². The van der Waals surface area contributed by atoms with Crippen LogP contribution >= 0.6 is 0 Å². The van der Waals surface area contributed by atoms with Crippen molar-refractivity contribution in [3.05, 3.63) is 47.7 Å². The number of fused-ring (bicyclic) bond motifs is 1. The number of hydrogen-bond acceptors (Lipinski definition) is 3. The van der Waals surface area contributed by atoms with Crippen LogP contribution in [0.5, 0.6) is 5.75 Å². The first-order valence-electron chi connectivity index (χ1n) is 6.44. The van der Waals surface area contributed by atoms with Gasteiger partial charge in [-0.05, 0) is 31.0 Å². The van der Waals surface area contributed by atoms with E-state index in [2.05, 4.69) is 5.32 Å². The Morgan fingerprint density at radius 3 is 3.05 bits per heavy atom. The molecule has 100 valence electrons. The lowest BCUT2D eigenvalue weighted by Gasteiger charge is -2.23. The Labute approximate surface area is 111 Å². The van der Waals surface area contributed by atoms with Gasteiger partial charge in [-0.15, -0.1) is 0 Å². The molecule has 0 bridgehead atoms. The van der Waals surface area contributed by atoms with Gasteiger partial charge in [0, 0.05) is 23.7 Å². The fourth-order valence-electron chi connectivity index (χ4n) is 2.59. The van der Waals surface area contributed by atoms with Crippen LogP contribution in [-0.4, -0.2) is 7.11 Å². The van der Waals surface area contributed by atoms with Crippen molar-refractivity contribution in [1.29, 1.82) is 0 Å². The number of aryl methyl sites for hydroxylation is 1. The topological polar surface area (TPSA) is 34.4 Å². The van der Waals surface area contributed by atoms with Gasteiger partial charge in [-0.2, -0.15) is 0 Å². The molecule has 0 saturated carbocycles. The maximum Gasteiger partial charge on any atom is 0.167 e. The van der Waals surface area contributed by atoms with Crippen LogP contribution in [0.15, 0.2) is 34.9 Å². The lowest BCUT2D eigenvalue weighted by molar-refractivity contribution is 0.386. The summed E-state index contributed by atoms with van der Waals surface area (Å²) in [5.74, 6) is 0.951. The van der Waals surface area contributed by atoms with Gasteiger partial charge in [0.1, 0.15) is 5.76 Å². The van der Waals surface area contributed by atoms with E-state index in [1.165, 1.54) is 18.7 Å². The molecule has 1 unspecified atom stereocenters. The minimum atomic E-state index is -0.351. The van der Waals surface area contributed by atoms with E-state index in [4.69, 9.17) is 9.15 Å². The number of nitrogens with one attached hydrogen (secondary N) is 1. The van der Waals surface area contributed by atoms with E-state index in [9.17, 15) is 4.39 Å². The van der Waals surface area contributed by atoms with Crippen LogP contribution in [0.4, 0.5) is 10.1 Å². The normalized spacial score (nSPS) is 17.9. The van der Waals surface area contributed by atoms with E-state index in [1.54, 1.807) is 12.3 Å². The molecule has 1 heterocycles. The maximum atomic E-state index is 13.7. The predicted molar refractivity (Wildman–Crippen MR) is 71.0 cm³/mol. The van der Waals surface area contributed by atoms with Gasteiger partial charge in [0.15, 0.2) is 11.6 Å². The molecule has 1 N–H and O–H groups in total. The summed E-state index contributed by atoms with van der Waals surface area (Å²) in [6.45, 7) is 0. The van der Waals surface area contributed by atoms with Crippen LogP contribution in [0.25, 0.3) is 0 Å². The summed E-state index contributed by atoms with van der Waals surface area (Å²) in [4.78, 5) is 0. The molecule has 1 aliphatic carbocycles. The molecule has 1 aromatic heterocycles. The molecule has 1 atom stereocenters. The molecule has 0 spiro atoms.